The van der Waals surface area contributed by atoms with Crippen LogP contribution in [0.3, 0.4) is 0 Å². The molecule has 2 aromatic carbocycles. The number of rotatable bonds is 5. The summed E-state index contributed by atoms with van der Waals surface area (Å²) in [7, 11) is 0. The van der Waals surface area contributed by atoms with Crippen molar-refractivity contribution in [1.29, 1.82) is 0 Å². The zero-order valence-electron chi connectivity index (χ0n) is 19.6. The average molecular weight is 475 g/mol. The van der Waals surface area contributed by atoms with Crippen molar-refractivity contribution in [3.05, 3.63) is 59.7 Å². The van der Waals surface area contributed by atoms with Gasteiger partial charge in [-0.2, -0.15) is 0 Å². The molecule has 0 spiro atoms. The number of nitrogens with zero attached hydrogens (tertiary/aromatic N) is 1. The number of nitrogens with one attached hydrogen (secondary N) is 1. The maximum Gasteiger partial charge on any atom is 0.407 e. The molecular weight excluding hydrogens is 444 g/mol. The Morgan fingerprint density at radius 2 is 1.66 bits per heavy atom. The van der Waals surface area contributed by atoms with Crippen LogP contribution in [0.2, 0.25) is 0 Å². The van der Waals surface area contributed by atoms with Crippen LogP contribution in [0.15, 0.2) is 48.5 Å². The lowest BCUT2D eigenvalue weighted by Gasteiger charge is -2.40. The van der Waals surface area contributed by atoms with Crippen LogP contribution in [-0.2, 0) is 14.3 Å². The van der Waals surface area contributed by atoms with E-state index in [4.69, 9.17) is 4.74 Å². The second-order valence-electron chi connectivity index (χ2n) is 10.4. The number of carbonyl (C=O) groups is 3. The predicted octanol–water partition coefficient (Wildman–Crippen LogP) is 4.02. The molecule has 0 aromatic heterocycles. The third kappa shape index (κ3) is 3.77. The van der Waals surface area contributed by atoms with Gasteiger partial charge in [-0.25, -0.2) is 9.59 Å². The first-order chi connectivity index (χ1) is 17.0. The molecule has 1 saturated heterocycles. The van der Waals surface area contributed by atoms with Crippen molar-refractivity contribution in [3.63, 3.8) is 0 Å². The molecule has 7 nitrogen and oxygen atoms in total. The molecule has 2 N–H and O–H groups in total. The van der Waals surface area contributed by atoms with Gasteiger partial charge < -0.3 is 20.1 Å². The van der Waals surface area contributed by atoms with E-state index in [2.05, 4.69) is 29.6 Å². The number of amides is 2. The van der Waals surface area contributed by atoms with Gasteiger partial charge in [0.25, 0.3) is 0 Å². The second-order valence-corrected chi connectivity index (χ2v) is 10.4. The number of carboxylic acid groups (broad SMARTS) is 1. The molecule has 1 heterocycles. The number of fused-ring (bicyclic) bond motifs is 4. The van der Waals surface area contributed by atoms with Crippen molar-refractivity contribution in [2.75, 3.05) is 13.2 Å². The molecule has 2 saturated carbocycles. The van der Waals surface area contributed by atoms with Gasteiger partial charge in [0.2, 0.25) is 5.91 Å². The number of carbonyl (C=O) groups excluding carboxylic acids is 2. The molecule has 3 fully saturated rings. The van der Waals surface area contributed by atoms with E-state index in [0.717, 1.165) is 19.3 Å². The first-order valence-electron chi connectivity index (χ1n) is 12.7. The molecule has 1 aliphatic heterocycles. The van der Waals surface area contributed by atoms with E-state index in [1.807, 2.05) is 24.3 Å². The monoisotopic (exact) mass is 474 g/mol. The van der Waals surface area contributed by atoms with Crippen LogP contribution >= 0.6 is 0 Å². The maximum absolute atomic E-state index is 13.0. The van der Waals surface area contributed by atoms with Crippen LogP contribution in [0.5, 0.6) is 0 Å². The van der Waals surface area contributed by atoms with Crippen LogP contribution < -0.4 is 5.32 Å². The topological polar surface area (TPSA) is 95.9 Å². The summed E-state index contributed by atoms with van der Waals surface area (Å²) in [5.41, 5.74) is 4.76. The number of carboxylic acids is 1. The van der Waals surface area contributed by atoms with Gasteiger partial charge in [0.1, 0.15) is 12.6 Å². The first kappa shape index (κ1) is 22.1. The fourth-order valence-corrected chi connectivity index (χ4v) is 6.91. The second kappa shape index (κ2) is 8.70. The smallest absolute Gasteiger partial charge is 0.407 e. The van der Waals surface area contributed by atoms with Crippen molar-refractivity contribution in [2.45, 2.75) is 50.1 Å². The van der Waals surface area contributed by atoms with E-state index >= 15 is 0 Å². The number of hydrogen-bond acceptors (Lipinski definition) is 4. The average Bonchev–Trinajstić information content (AvgIpc) is 3.56. The van der Waals surface area contributed by atoms with Gasteiger partial charge in [-0.3, -0.25) is 4.79 Å². The summed E-state index contributed by atoms with van der Waals surface area (Å²) in [6.45, 7) is 0.816. The van der Waals surface area contributed by atoms with Crippen LogP contribution in [0, 0.1) is 17.8 Å². The van der Waals surface area contributed by atoms with Crippen molar-refractivity contribution < 1.29 is 24.2 Å². The van der Waals surface area contributed by atoms with Gasteiger partial charge in [0.05, 0.1) is 0 Å². The van der Waals surface area contributed by atoms with Crippen molar-refractivity contribution in [1.82, 2.24) is 10.2 Å². The Morgan fingerprint density at radius 1 is 0.971 bits per heavy atom. The minimum atomic E-state index is -0.911. The normalized spacial score (nSPS) is 28.6. The summed E-state index contributed by atoms with van der Waals surface area (Å²) in [6, 6.07) is 15.9. The van der Waals surface area contributed by atoms with Crippen molar-refractivity contribution in [3.8, 4) is 11.1 Å². The summed E-state index contributed by atoms with van der Waals surface area (Å²) >= 11 is 0. The van der Waals surface area contributed by atoms with Gasteiger partial charge in [-0.05, 0) is 66.2 Å². The molecular formula is C28H30N2O5. The molecule has 35 heavy (non-hydrogen) atoms. The first-order valence-corrected chi connectivity index (χ1v) is 12.7. The summed E-state index contributed by atoms with van der Waals surface area (Å²) in [5, 5.41) is 12.5. The Morgan fingerprint density at radius 3 is 2.34 bits per heavy atom. The molecule has 2 amide bonds. The van der Waals surface area contributed by atoms with E-state index < -0.39 is 18.1 Å². The Kier molecular flexibility index (Phi) is 5.50. The largest absolute Gasteiger partial charge is 0.480 e. The number of aliphatic carboxylic acids is 1. The zero-order valence-corrected chi connectivity index (χ0v) is 19.6. The van der Waals surface area contributed by atoms with Crippen LogP contribution in [0.4, 0.5) is 4.79 Å². The van der Waals surface area contributed by atoms with Gasteiger partial charge in [-0.15, -0.1) is 0 Å². The maximum atomic E-state index is 13.0. The van der Waals surface area contributed by atoms with E-state index in [1.54, 1.807) is 4.90 Å². The van der Waals surface area contributed by atoms with Crippen LogP contribution in [-0.4, -0.2) is 53.2 Å². The number of likely N-dealkylation sites (tertiary alicyclic amines) is 1. The van der Waals surface area contributed by atoms with E-state index in [9.17, 15) is 19.5 Å². The molecule has 3 aliphatic carbocycles. The number of hydrogen-bond donors (Lipinski definition) is 2. The predicted molar refractivity (Wildman–Crippen MR) is 129 cm³/mol. The molecule has 5 atom stereocenters. The van der Waals surface area contributed by atoms with Gasteiger partial charge in [0, 0.05) is 24.4 Å². The number of benzene rings is 2. The Labute approximate surface area is 204 Å². The standard InChI is InChI=1S/C28H30N2O5/c31-26(30-11-5-10-25(30)27(32)33)17-12-16-14-24(22(16)13-17)29-28(34)35-15-23-20-8-3-1-6-18(20)19-7-2-4-9-21(19)23/h1-4,6-9,16-17,22-25H,5,10-15H2,(H,29,34)(H,32,33)/t16?,17?,22?,24?,25-/m1/s1. The summed E-state index contributed by atoms with van der Waals surface area (Å²) in [4.78, 5) is 38.7. The molecule has 0 radical (unpaired) electrons. The lowest BCUT2D eigenvalue weighted by molar-refractivity contribution is -0.149. The minimum absolute atomic E-state index is 0.0160. The zero-order chi connectivity index (χ0) is 24.1. The molecule has 4 aliphatic rings. The molecule has 0 bridgehead atoms. The molecule has 4 unspecified atom stereocenters. The SMILES string of the molecule is O=C(NC1CC2CC(C(=O)N3CCC[C@@H]3C(=O)O)CC21)OCC1c2ccccc2-c2ccccc21. The summed E-state index contributed by atoms with van der Waals surface area (Å²) in [6.07, 6.45) is 3.22. The van der Waals surface area contributed by atoms with E-state index in [-0.39, 0.29) is 36.3 Å². The lowest BCUT2D eigenvalue weighted by atomic mass is 9.71. The fourth-order valence-electron chi connectivity index (χ4n) is 6.91. The third-order valence-corrected chi connectivity index (χ3v) is 8.64. The molecule has 182 valence electrons. The Hall–Kier alpha value is -3.35. The van der Waals surface area contributed by atoms with Gasteiger partial charge >= 0.3 is 12.1 Å². The van der Waals surface area contributed by atoms with Crippen LogP contribution in [0.1, 0.15) is 49.1 Å². The Balaban J connectivity index is 1.04. The molecule has 7 heteroatoms. The fraction of sp³-hybridized carbons (Fsp3) is 0.464. The highest BCUT2D eigenvalue weighted by Crippen LogP contribution is 2.50. The lowest BCUT2D eigenvalue weighted by Crippen LogP contribution is -2.50. The molecule has 6 rings (SSSR count). The number of ether oxygens (including phenoxy) is 1. The summed E-state index contributed by atoms with van der Waals surface area (Å²) < 4.78 is 5.70. The van der Waals surface area contributed by atoms with Gasteiger partial charge in [-0.1, -0.05) is 48.5 Å². The van der Waals surface area contributed by atoms with Crippen molar-refractivity contribution >= 4 is 18.0 Å². The van der Waals surface area contributed by atoms with E-state index in [0.29, 0.717) is 25.3 Å². The quantitative estimate of drug-likeness (QED) is 0.683. The third-order valence-electron chi connectivity index (χ3n) is 8.64. The molecule has 2 aromatic rings. The van der Waals surface area contributed by atoms with Gasteiger partial charge in [0.15, 0.2) is 0 Å². The Bertz CT molecular complexity index is 1130. The summed E-state index contributed by atoms with van der Waals surface area (Å²) in [5.74, 6) is -0.377. The minimum Gasteiger partial charge on any atom is -0.480 e. The van der Waals surface area contributed by atoms with E-state index in [1.165, 1.54) is 22.3 Å². The van der Waals surface area contributed by atoms with Crippen LogP contribution in [0.25, 0.3) is 11.1 Å². The van der Waals surface area contributed by atoms with Crippen molar-refractivity contribution in [2.24, 2.45) is 17.8 Å². The highest BCUT2D eigenvalue weighted by atomic mass is 16.5. The highest BCUT2D eigenvalue weighted by Gasteiger charge is 2.51. The number of alkyl carbamates (subject to hydrolysis) is 1. The highest BCUT2D eigenvalue weighted by molar-refractivity contribution is 5.86.